The first-order chi connectivity index (χ1) is 35.2. The van der Waals surface area contributed by atoms with Crippen molar-refractivity contribution in [3.05, 3.63) is 109 Å². The zero-order chi connectivity index (χ0) is 52.7. The third kappa shape index (κ3) is 51.1. The molecule has 3 unspecified atom stereocenters. The van der Waals surface area contributed by atoms with Crippen LogP contribution in [0.2, 0.25) is 0 Å². The van der Waals surface area contributed by atoms with Crippen molar-refractivity contribution in [3.63, 3.8) is 0 Å². The average molecular weight is 1030 g/mol. The summed E-state index contributed by atoms with van der Waals surface area (Å²) in [6.07, 6.45) is 63.4. The molecule has 0 aliphatic rings. The minimum Gasteiger partial charge on any atom is -0.462 e. The van der Waals surface area contributed by atoms with E-state index in [4.69, 9.17) is 23.3 Å². The zero-order valence-electron chi connectivity index (χ0n) is 45.1. The molecule has 0 amide bonds. The number of phosphoric ester groups is 1. The van der Waals surface area contributed by atoms with E-state index in [0.717, 1.165) is 154 Å². The van der Waals surface area contributed by atoms with Crippen molar-refractivity contribution in [2.45, 2.75) is 226 Å². The Balaban J connectivity index is 4.81. The number of phosphoric acid groups is 1. The molecule has 0 heterocycles. The fraction of sp³-hybridized carbons (Fsp3) is 0.650. The molecule has 0 aromatic rings. The van der Waals surface area contributed by atoms with Crippen LogP contribution in [0.5, 0.6) is 0 Å². The fourth-order valence-corrected chi connectivity index (χ4v) is 7.77. The Morgan fingerprint density at radius 1 is 0.403 bits per heavy atom. The maximum absolute atomic E-state index is 12.9. The van der Waals surface area contributed by atoms with E-state index in [2.05, 4.69) is 130 Å². The molecule has 0 fully saturated rings. The molecule has 0 saturated carbocycles. The molecule has 0 bridgehead atoms. The van der Waals surface area contributed by atoms with E-state index in [1.807, 2.05) is 0 Å². The van der Waals surface area contributed by atoms with Crippen LogP contribution in [-0.2, 0) is 42.2 Å². The number of aliphatic hydroxyl groups excluding tert-OH is 1. The first-order valence-electron chi connectivity index (χ1n) is 27.8. The summed E-state index contributed by atoms with van der Waals surface area (Å²) in [5.74, 6) is -1.54. The second-order valence-corrected chi connectivity index (χ2v) is 19.4. The zero-order valence-corrected chi connectivity index (χ0v) is 46.0. The summed E-state index contributed by atoms with van der Waals surface area (Å²) in [5.41, 5.74) is 0. The standard InChI is InChI=1S/C60H99O11P/c1-4-7-10-13-16-19-22-25-26-27-28-29-30-33-36-39-42-45-48-51-60(64)71-57(53-67-58(62)49-46-43-40-37-34-31-23-20-17-14-11-8-5-2)55-69-72(65,66)68-54-56(52-61)70-59(63)50-47-44-41-38-35-32-24-21-18-15-12-9-6-3/h7,9-12,14,16,18-21,23,25-26,28-29,32,35,56-57,61H,4-6,8,13,15,17,22,24,27,30-31,33-34,36-55H2,1-3H3,(H,65,66)/b10-7-,12-9-,14-11-,19-16-,21-18-,23-20-,26-25-,29-28-,35-32-. The topological polar surface area (TPSA) is 155 Å². The van der Waals surface area contributed by atoms with Gasteiger partial charge < -0.3 is 24.2 Å². The van der Waals surface area contributed by atoms with Gasteiger partial charge in [0.1, 0.15) is 12.7 Å². The van der Waals surface area contributed by atoms with Gasteiger partial charge in [-0.3, -0.25) is 23.4 Å². The summed E-state index contributed by atoms with van der Waals surface area (Å²) >= 11 is 0. The van der Waals surface area contributed by atoms with Gasteiger partial charge in [0.2, 0.25) is 0 Å². The van der Waals surface area contributed by atoms with Crippen molar-refractivity contribution in [2.75, 3.05) is 26.4 Å². The minimum absolute atomic E-state index is 0.135. The number of carbonyl (C=O) groups is 3. The maximum Gasteiger partial charge on any atom is 0.472 e. The van der Waals surface area contributed by atoms with Gasteiger partial charge in [0, 0.05) is 19.3 Å². The van der Waals surface area contributed by atoms with Crippen LogP contribution in [0.1, 0.15) is 213 Å². The lowest BCUT2D eigenvalue weighted by Crippen LogP contribution is -2.30. The second-order valence-electron chi connectivity index (χ2n) is 18.0. The number of hydrogen-bond donors (Lipinski definition) is 2. The lowest BCUT2D eigenvalue weighted by molar-refractivity contribution is -0.161. The summed E-state index contributed by atoms with van der Waals surface area (Å²) in [6, 6.07) is 0. The van der Waals surface area contributed by atoms with Gasteiger partial charge in [-0.2, -0.15) is 0 Å². The summed E-state index contributed by atoms with van der Waals surface area (Å²) in [4.78, 5) is 48.5. The predicted molar refractivity (Wildman–Crippen MR) is 297 cm³/mol. The molecule has 0 aliphatic carbocycles. The number of aliphatic hydroxyl groups is 1. The van der Waals surface area contributed by atoms with Gasteiger partial charge in [-0.25, -0.2) is 4.57 Å². The second kappa shape index (κ2) is 53.4. The number of allylic oxidation sites excluding steroid dienone is 18. The summed E-state index contributed by atoms with van der Waals surface area (Å²) < 4.78 is 39.4. The van der Waals surface area contributed by atoms with Gasteiger partial charge in [0.15, 0.2) is 6.10 Å². The predicted octanol–water partition coefficient (Wildman–Crippen LogP) is 16.2. The van der Waals surface area contributed by atoms with Crippen molar-refractivity contribution in [2.24, 2.45) is 0 Å². The molecule has 410 valence electrons. The Morgan fingerprint density at radius 2 is 0.722 bits per heavy atom. The Kier molecular flexibility index (Phi) is 50.6. The van der Waals surface area contributed by atoms with Gasteiger partial charge in [-0.05, 0) is 116 Å². The van der Waals surface area contributed by atoms with E-state index in [1.54, 1.807) is 0 Å². The van der Waals surface area contributed by atoms with Crippen molar-refractivity contribution >= 4 is 25.7 Å². The summed E-state index contributed by atoms with van der Waals surface area (Å²) in [7, 11) is -4.77. The number of ether oxygens (including phenoxy) is 3. The lowest BCUT2D eigenvalue weighted by atomic mass is 10.1. The number of rotatable bonds is 50. The van der Waals surface area contributed by atoms with E-state index in [-0.39, 0.29) is 25.9 Å². The highest BCUT2D eigenvalue weighted by Crippen LogP contribution is 2.43. The Hall–Kier alpha value is -3.86. The van der Waals surface area contributed by atoms with Crippen molar-refractivity contribution < 1.29 is 52.2 Å². The molecule has 0 aromatic carbocycles. The average Bonchev–Trinajstić information content (AvgIpc) is 3.37. The van der Waals surface area contributed by atoms with Crippen molar-refractivity contribution in [3.8, 4) is 0 Å². The monoisotopic (exact) mass is 1030 g/mol. The molecule has 0 radical (unpaired) electrons. The van der Waals surface area contributed by atoms with Crippen LogP contribution in [0.15, 0.2) is 109 Å². The normalized spacial score (nSPS) is 14.2. The number of unbranched alkanes of at least 4 members (excludes halogenated alkanes) is 15. The van der Waals surface area contributed by atoms with Gasteiger partial charge >= 0.3 is 25.7 Å². The van der Waals surface area contributed by atoms with Gasteiger partial charge in [0.05, 0.1) is 19.8 Å². The first kappa shape index (κ1) is 68.1. The molecular weight excluding hydrogens is 928 g/mol. The van der Waals surface area contributed by atoms with Gasteiger partial charge in [-0.1, -0.05) is 188 Å². The Morgan fingerprint density at radius 3 is 1.12 bits per heavy atom. The molecule has 72 heavy (non-hydrogen) atoms. The van der Waals surface area contributed by atoms with E-state index in [9.17, 15) is 28.9 Å². The van der Waals surface area contributed by atoms with Crippen LogP contribution in [0.4, 0.5) is 0 Å². The van der Waals surface area contributed by atoms with Gasteiger partial charge in [-0.15, -0.1) is 0 Å². The minimum atomic E-state index is -4.77. The SMILES string of the molecule is CC/C=C\C/C=C\C/C=C\C/C=C\CCCCCCCCC(=O)OC(COC(=O)CCCCCCC/C=C\C/C=C\CCC)COP(=O)(O)OCC(CO)OC(=O)CCCCC/C=C\C/C=C\C/C=C\CC. The number of carbonyl (C=O) groups excluding carboxylic acids is 3. The lowest BCUT2D eigenvalue weighted by Gasteiger charge is -2.21. The van der Waals surface area contributed by atoms with E-state index < -0.39 is 57.8 Å². The van der Waals surface area contributed by atoms with Gasteiger partial charge in [0.25, 0.3) is 0 Å². The molecule has 0 spiro atoms. The van der Waals surface area contributed by atoms with Crippen LogP contribution in [-0.4, -0.2) is 66.5 Å². The number of hydrogen-bond acceptors (Lipinski definition) is 10. The Labute approximate surface area is 437 Å². The molecule has 2 N–H and O–H groups in total. The largest absolute Gasteiger partial charge is 0.472 e. The van der Waals surface area contributed by atoms with Crippen molar-refractivity contribution in [1.29, 1.82) is 0 Å². The number of esters is 3. The third-order valence-electron chi connectivity index (χ3n) is 11.1. The van der Waals surface area contributed by atoms with Crippen LogP contribution < -0.4 is 0 Å². The molecule has 0 saturated heterocycles. The maximum atomic E-state index is 12.9. The smallest absolute Gasteiger partial charge is 0.462 e. The summed E-state index contributed by atoms with van der Waals surface area (Å²) in [6.45, 7) is 4.26. The van der Waals surface area contributed by atoms with Crippen LogP contribution in [0.25, 0.3) is 0 Å². The summed E-state index contributed by atoms with van der Waals surface area (Å²) in [5, 5.41) is 9.79. The Bertz CT molecular complexity index is 1620. The molecule has 0 aliphatic heterocycles. The molecule has 3 atom stereocenters. The van der Waals surface area contributed by atoms with E-state index >= 15 is 0 Å². The highest BCUT2D eigenvalue weighted by Gasteiger charge is 2.28. The fourth-order valence-electron chi connectivity index (χ4n) is 6.99. The highest BCUT2D eigenvalue weighted by molar-refractivity contribution is 7.47. The third-order valence-corrected chi connectivity index (χ3v) is 12.1. The molecule has 0 aromatic heterocycles. The molecule has 0 rings (SSSR count). The highest BCUT2D eigenvalue weighted by atomic mass is 31.2. The molecule has 11 nitrogen and oxygen atoms in total. The van der Waals surface area contributed by atoms with E-state index in [0.29, 0.717) is 19.3 Å². The first-order valence-corrected chi connectivity index (χ1v) is 29.3. The van der Waals surface area contributed by atoms with E-state index in [1.165, 1.54) is 0 Å². The van der Waals surface area contributed by atoms with Crippen LogP contribution in [0, 0.1) is 0 Å². The molecular formula is C60H99O11P. The van der Waals surface area contributed by atoms with Crippen LogP contribution >= 0.6 is 7.82 Å². The quantitative estimate of drug-likeness (QED) is 0.0197. The molecule has 12 heteroatoms. The van der Waals surface area contributed by atoms with Crippen LogP contribution in [0.3, 0.4) is 0 Å². The van der Waals surface area contributed by atoms with Crippen molar-refractivity contribution in [1.82, 2.24) is 0 Å².